The number of carbonyl (C=O) groups is 1. The Morgan fingerprint density at radius 3 is 2.18 bits per heavy atom. The molecular weight excluding hydrogens is 723 g/mol. The summed E-state index contributed by atoms with van der Waals surface area (Å²) in [5.74, 6) is 1.04. The molecule has 0 saturated heterocycles. The molecule has 0 fully saturated rings. The number of aromatic nitrogens is 1. The molecule has 1 radical (unpaired) electrons. The number of rotatable bonds is 9. The van der Waals surface area contributed by atoms with Gasteiger partial charge in [0, 0.05) is 49.6 Å². The van der Waals surface area contributed by atoms with Crippen LogP contribution in [0, 0.1) is 31.7 Å². The van der Waals surface area contributed by atoms with Crippen LogP contribution < -0.4 is 0 Å². The average molecular weight is 769 g/mol. The predicted octanol–water partition coefficient (Wildman–Crippen LogP) is 11.2. The van der Waals surface area contributed by atoms with Crippen molar-refractivity contribution in [3.63, 3.8) is 0 Å². The van der Waals surface area contributed by atoms with Crippen molar-refractivity contribution in [2.24, 2.45) is 11.8 Å². The Balaban J connectivity index is 0.000000286. The Kier molecular flexibility index (Phi) is 12.5. The van der Waals surface area contributed by atoms with E-state index in [9.17, 15) is 9.90 Å². The fourth-order valence-electron chi connectivity index (χ4n) is 5.76. The summed E-state index contributed by atoms with van der Waals surface area (Å²) in [6.07, 6.45) is 6.79. The van der Waals surface area contributed by atoms with Crippen LogP contribution in [0.1, 0.15) is 89.8 Å². The number of allylic oxidation sites excluding steroid dienone is 2. The van der Waals surface area contributed by atoms with Crippen LogP contribution in [0.15, 0.2) is 71.0 Å². The summed E-state index contributed by atoms with van der Waals surface area (Å²) in [6, 6.07) is 20.8. The van der Waals surface area contributed by atoms with Crippen molar-refractivity contribution < 1.29 is 34.4 Å². The average Bonchev–Trinajstić information content (AvgIpc) is 3.34. The van der Waals surface area contributed by atoms with Crippen LogP contribution in [0.2, 0.25) is 0 Å². The zero-order valence-electron chi connectivity index (χ0n) is 27.4. The third kappa shape index (κ3) is 7.68. The fraction of sp³-hybridized carbons (Fsp3) is 0.385. The van der Waals surface area contributed by atoms with E-state index in [0.29, 0.717) is 5.92 Å². The molecule has 5 rings (SSSR count). The zero-order valence-corrected chi connectivity index (χ0v) is 29.8. The van der Waals surface area contributed by atoms with Gasteiger partial charge in [0.25, 0.3) is 0 Å². The van der Waals surface area contributed by atoms with E-state index in [1.165, 1.54) is 22.6 Å². The van der Waals surface area contributed by atoms with Crippen molar-refractivity contribution in [2.45, 2.75) is 87.0 Å². The number of hydrogen-bond donors (Lipinski definition) is 1. The first kappa shape index (κ1) is 35.2. The van der Waals surface area contributed by atoms with Crippen LogP contribution in [0.3, 0.4) is 0 Å². The minimum atomic E-state index is 0. The van der Waals surface area contributed by atoms with Gasteiger partial charge in [-0.1, -0.05) is 89.7 Å². The second-order valence-corrected chi connectivity index (χ2v) is 12.0. The standard InChI is InChI=1S/C26H22NO.C13H24O2.Ir/c1-15(2)18-6-8-20-19(14-18)9-10-27-25(20)23-12-17(4)11-22-21-7-5-16(3)13-24(21)28-26(22)23;1-5-10(6-2)12(14)9-13(15)11(7-3)8-4;/h5-11,13-15H,1-4H3;9-11,14H,5-8H2,1-4H3;/q-1;;/b;12-9-;. The van der Waals surface area contributed by atoms with Gasteiger partial charge in [0.2, 0.25) is 0 Å². The first-order chi connectivity index (χ1) is 20.6. The van der Waals surface area contributed by atoms with Crippen molar-refractivity contribution in [1.29, 1.82) is 0 Å². The number of aliphatic hydroxyl groups is 1. The van der Waals surface area contributed by atoms with Gasteiger partial charge in [0.15, 0.2) is 5.78 Å². The molecule has 0 aliphatic carbocycles. The number of ketones is 1. The molecule has 5 heteroatoms. The molecule has 2 aromatic heterocycles. The second-order valence-electron chi connectivity index (χ2n) is 12.0. The minimum Gasteiger partial charge on any atom is -0.512 e. The topological polar surface area (TPSA) is 63.3 Å². The van der Waals surface area contributed by atoms with Crippen molar-refractivity contribution in [2.75, 3.05) is 0 Å². The van der Waals surface area contributed by atoms with Crippen LogP contribution in [0.25, 0.3) is 44.0 Å². The molecule has 3 aromatic carbocycles. The molecule has 0 amide bonds. The maximum atomic E-state index is 11.7. The van der Waals surface area contributed by atoms with Gasteiger partial charge in [-0.25, -0.2) is 0 Å². The van der Waals surface area contributed by atoms with Gasteiger partial charge in [0.05, 0.1) is 11.3 Å². The van der Waals surface area contributed by atoms with Crippen molar-refractivity contribution in [3.05, 3.63) is 89.3 Å². The number of aryl methyl sites for hydroxylation is 2. The summed E-state index contributed by atoms with van der Waals surface area (Å²) in [7, 11) is 0. The van der Waals surface area contributed by atoms with Crippen LogP contribution in [0.4, 0.5) is 0 Å². The van der Waals surface area contributed by atoms with E-state index in [1.54, 1.807) is 0 Å². The molecule has 0 spiro atoms. The summed E-state index contributed by atoms with van der Waals surface area (Å²) < 4.78 is 6.31. The SMILES string of the molecule is CCC(CC)C(=O)/C=C(\O)C(CC)CC.Cc1[c-]c(-c2nccc3cc(C(C)C)ccc23)c2oc3cc(C)ccc3c2c1.[Ir]. The van der Waals surface area contributed by atoms with E-state index in [4.69, 9.17) is 9.40 Å². The molecule has 4 nitrogen and oxygen atoms in total. The Bertz CT molecular complexity index is 1760. The molecule has 0 bridgehead atoms. The van der Waals surface area contributed by atoms with Crippen LogP contribution in [-0.4, -0.2) is 15.9 Å². The van der Waals surface area contributed by atoms with Crippen molar-refractivity contribution in [3.8, 4) is 11.3 Å². The number of nitrogens with zero attached hydrogens (tertiary/aromatic N) is 1. The zero-order chi connectivity index (χ0) is 31.3. The number of hydrogen-bond acceptors (Lipinski definition) is 4. The quantitative estimate of drug-likeness (QED) is 0.0921. The summed E-state index contributed by atoms with van der Waals surface area (Å²) >= 11 is 0. The smallest absolute Gasteiger partial charge is 0.162 e. The number of furan rings is 1. The molecule has 1 N–H and O–H groups in total. The molecule has 0 saturated carbocycles. The first-order valence-corrected chi connectivity index (χ1v) is 15.8. The second kappa shape index (κ2) is 15.6. The van der Waals surface area contributed by atoms with E-state index < -0.39 is 0 Å². The monoisotopic (exact) mass is 769 g/mol. The van der Waals surface area contributed by atoms with Crippen molar-refractivity contribution >= 4 is 38.5 Å². The van der Waals surface area contributed by atoms with Crippen molar-refractivity contribution in [1.82, 2.24) is 4.98 Å². The van der Waals surface area contributed by atoms with Gasteiger partial charge in [-0.05, 0) is 78.3 Å². The minimum absolute atomic E-state index is 0. The van der Waals surface area contributed by atoms with E-state index in [1.807, 2.05) is 33.9 Å². The molecule has 0 unspecified atom stereocenters. The number of benzene rings is 3. The van der Waals surface area contributed by atoms with Crippen LogP contribution >= 0.6 is 0 Å². The number of aliphatic hydroxyl groups excluding tert-OH is 1. The Morgan fingerprint density at radius 1 is 0.886 bits per heavy atom. The van der Waals surface area contributed by atoms with Crippen LogP contribution in [0.5, 0.6) is 0 Å². The Labute approximate surface area is 276 Å². The maximum Gasteiger partial charge on any atom is 0.162 e. The molecule has 235 valence electrons. The normalized spacial score (nSPS) is 11.8. The summed E-state index contributed by atoms with van der Waals surface area (Å²) in [5.41, 5.74) is 7.25. The molecule has 0 atom stereocenters. The van der Waals surface area contributed by atoms with Gasteiger partial charge >= 0.3 is 0 Å². The molecule has 0 aliphatic rings. The third-order valence-corrected chi connectivity index (χ3v) is 8.57. The molecule has 2 heterocycles. The Hall–Kier alpha value is -3.27. The number of fused-ring (bicyclic) bond motifs is 4. The summed E-state index contributed by atoms with van der Waals surface area (Å²) in [4.78, 5) is 16.5. The predicted molar refractivity (Wildman–Crippen MR) is 181 cm³/mol. The molecule has 0 aliphatic heterocycles. The summed E-state index contributed by atoms with van der Waals surface area (Å²) in [6.45, 7) is 16.7. The number of carbonyl (C=O) groups excluding carboxylic acids is 1. The van der Waals surface area contributed by atoms with Gasteiger partial charge < -0.3 is 14.5 Å². The molecular formula is C39H46IrNO3-. The third-order valence-electron chi connectivity index (χ3n) is 8.57. The van der Waals surface area contributed by atoms with E-state index >= 15 is 0 Å². The van der Waals surface area contributed by atoms with Gasteiger partial charge in [-0.2, -0.15) is 0 Å². The summed E-state index contributed by atoms with van der Waals surface area (Å²) in [5, 5.41) is 14.4. The van der Waals surface area contributed by atoms with E-state index in [2.05, 4.69) is 82.3 Å². The van der Waals surface area contributed by atoms with E-state index in [0.717, 1.165) is 69.8 Å². The fourth-order valence-corrected chi connectivity index (χ4v) is 5.76. The first-order valence-electron chi connectivity index (χ1n) is 15.8. The van der Waals surface area contributed by atoms with Gasteiger partial charge in [0.1, 0.15) is 5.58 Å². The van der Waals surface area contributed by atoms with E-state index in [-0.39, 0.29) is 43.5 Å². The van der Waals surface area contributed by atoms with Gasteiger partial charge in [-0.3, -0.25) is 4.79 Å². The largest absolute Gasteiger partial charge is 0.512 e. The van der Waals surface area contributed by atoms with Crippen LogP contribution in [-0.2, 0) is 24.9 Å². The number of pyridine rings is 1. The Morgan fingerprint density at radius 2 is 1.55 bits per heavy atom. The van der Waals surface area contributed by atoms with Gasteiger partial charge in [-0.15, -0.1) is 17.7 Å². The molecule has 5 aromatic rings. The maximum absolute atomic E-state index is 11.7. The molecule has 44 heavy (non-hydrogen) atoms.